The van der Waals surface area contributed by atoms with E-state index in [1.807, 2.05) is 20.8 Å². The molecule has 0 saturated carbocycles. The quantitative estimate of drug-likeness (QED) is 0.880. The van der Waals surface area contributed by atoms with Crippen LogP contribution >= 0.6 is 0 Å². The summed E-state index contributed by atoms with van der Waals surface area (Å²) in [7, 11) is 0. The molecule has 0 heterocycles. The maximum Gasteiger partial charge on any atom is 0.411 e. The van der Waals surface area contributed by atoms with Crippen LogP contribution < -0.4 is 10.6 Å². The smallest absolute Gasteiger partial charge is 0.411 e. The molecule has 0 atom stereocenters. The monoisotopic (exact) mass is 264 g/mol. The van der Waals surface area contributed by atoms with Crippen LogP contribution in [0.4, 0.5) is 16.2 Å². The number of amides is 2. The predicted octanol–water partition coefficient (Wildman–Crippen LogP) is 3.24. The third kappa shape index (κ3) is 4.99. The van der Waals surface area contributed by atoms with E-state index in [4.69, 9.17) is 4.74 Å². The lowest BCUT2D eigenvalue weighted by Gasteiger charge is -2.18. The van der Waals surface area contributed by atoms with Crippen LogP contribution in [0.15, 0.2) is 24.3 Å². The van der Waals surface area contributed by atoms with Crippen molar-refractivity contribution in [3.05, 3.63) is 24.3 Å². The molecular formula is C14H20N2O3. The molecule has 0 fully saturated rings. The molecule has 0 radical (unpaired) electrons. The van der Waals surface area contributed by atoms with Gasteiger partial charge in [0, 0.05) is 16.8 Å². The fourth-order valence-corrected chi connectivity index (χ4v) is 1.28. The normalized spacial score (nSPS) is 10.7. The zero-order valence-corrected chi connectivity index (χ0v) is 11.7. The Hall–Kier alpha value is -2.04. The van der Waals surface area contributed by atoms with E-state index in [9.17, 15) is 9.59 Å². The van der Waals surface area contributed by atoms with Gasteiger partial charge in [-0.1, -0.05) is 26.8 Å². The summed E-state index contributed by atoms with van der Waals surface area (Å²) in [5, 5.41) is 5.38. The molecule has 0 spiro atoms. The lowest BCUT2D eigenvalue weighted by Crippen LogP contribution is -2.27. The standard InChI is InChI=1S/C14H20N2O3/c1-5-19-13(18)16-11-8-6-7-10(9-11)15-12(17)14(2,3)4/h6-9H,5H2,1-4H3,(H,15,17)(H,16,18). The van der Waals surface area contributed by atoms with Gasteiger partial charge in [0.2, 0.25) is 5.91 Å². The van der Waals surface area contributed by atoms with Gasteiger partial charge in [0.05, 0.1) is 6.61 Å². The molecule has 5 nitrogen and oxygen atoms in total. The van der Waals surface area contributed by atoms with Gasteiger partial charge in [0.1, 0.15) is 0 Å². The average Bonchev–Trinajstić information content (AvgIpc) is 2.28. The average molecular weight is 264 g/mol. The molecule has 0 aromatic heterocycles. The molecule has 5 heteroatoms. The van der Waals surface area contributed by atoms with Crippen LogP contribution in [0.5, 0.6) is 0 Å². The van der Waals surface area contributed by atoms with Crippen molar-refractivity contribution in [3.8, 4) is 0 Å². The summed E-state index contributed by atoms with van der Waals surface area (Å²) >= 11 is 0. The second-order valence-corrected chi connectivity index (χ2v) is 5.13. The van der Waals surface area contributed by atoms with Gasteiger partial charge < -0.3 is 10.1 Å². The van der Waals surface area contributed by atoms with Crippen molar-refractivity contribution in [2.45, 2.75) is 27.7 Å². The molecule has 2 N–H and O–H groups in total. The van der Waals surface area contributed by atoms with Gasteiger partial charge in [-0.3, -0.25) is 10.1 Å². The molecule has 2 amide bonds. The van der Waals surface area contributed by atoms with Gasteiger partial charge in [0.25, 0.3) is 0 Å². The van der Waals surface area contributed by atoms with Crippen LogP contribution in [-0.4, -0.2) is 18.6 Å². The van der Waals surface area contributed by atoms with Crippen LogP contribution in [0.2, 0.25) is 0 Å². The summed E-state index contributed by atoms with van der Waals surface area (Å²) in [4.78, 5) is 23.1. The lowest BCUT2D eigenvalue weighted by molar-refractivity contribution is -0.123. The zero-order valence-electron chi connectivity index (χ0n) is 11.7. The van der Waals surface area contributed by atoms with Crippen molar-refractivity contribution >= 4 is 23.4 Å². The van der Waals surface area contributed by atoms with Crippen molar-refractivity contribution in [1.82, 2.24) is 0 Å². The molecule has 1 rings (SSSR count). The minimum atomic E-state index is -0.512. The van der Waals surface area contributed by atoms with E-state index in [2.05, 4.69) is 10.6 Å². The van der Waals surface area contributed by atoms with E-state index in [0.717, 1.165) is 0 Å². The first-order chi connectivity index (χ1) is 8.82. The molecule has 0 unspecified atom stereocenters. The highest BCUT2D eigenvalue weighted by Gasteiger charge is 2.21. The topological polar surface area (TPSA) is 67.4 Å². The highest BCUT2D eigenvalue weighted by molar-refractivity contribution is 5.95. The van der Waals surface area contributed by atoms with Gasteiger partial charge in [-0.15, -0.1) is 0 Å². The van der Waals surface area contributed by atoms with Crippen molar-refractivity contribution in [2.75, 3.05) is 17.2 Å². The molecule has 104 valence electrons. The van der Waals surface area contributed by atoms with E-state index in [-0.39, 0.29) is 5.91 Å². The van der Waals surface area contributed by atoms with Gasteiger partial charge in [-0.25, -0.2) is 4.79 Å². The maximum absolute atomic E-state index is 11.8. The van der Waals surface area contributed by atoms with Gasteiger partial charge in [-0.2, -0.15) is 0 Å². The second kappa shape index (κ2) is 6.22. The number of ether oxygens (including phenoxy) is 1. The third-order valence-electron chi connectivity index (χ3n) is 2.32. The zero-order chi connectivity index (χ0) is 14.5. The fourth-order valence-electron chi connectivity index (χ4n) is 1.28. The van der Waals surface area contributed by atoms with E-state index in [1.54, 1.807) is 31.2 Å². The summed E-state index contributed by atoms with van der Waals surface area (Å²) in [6.07, 6.45) is -0.512. The number of hydrogen-bond acceptors (Lipinski definition) is 3. The first-order valence-electron chi connectivity index (χ1n) is 6.18. The SMILES string of the molecule is CCOC(=O)Nc1cccc(NC(=O)C(C)(C)C)c1. The maximum atomic E-state index is 11.8. The van der Waals surface area contributed by atoms with Crippen molar-refractivity contribution < 1.29 is 14.3 Å². The highest BCUT2D eigenvalue weighted by Crippen LogP contribution is 2.20. The summed E-state index contributed by atoms with van der Waals surface area (Å²) in [5.74, 6) is -0.0826. The highest BCUT2D eigenvalue weighted by atomic mass is 16.5. The number of benzene rings is 1. The number of nitrogens with one attached hydrogen (secondary N) is 2. The Balaban J connectivity index is 2.72. The Labute approximate surface area is 113 Å². The van der Waals surface area contributed by atoms with E-state index in [1.165, 1.54) is 0 Å². The lowest BCUT2D eigenvalue weighted by atomic mass is 9.95. The molecule has 0 saturated heterocycles. The molecule has 0 aliphatic heterocycles. The van der Waals surface area contributed by atoms with E-state index >= 15 is 0 Å². The minimum Gasteiger partial charge on any atom is -0.450 e. The van der Waals surface area contributed by atoms with Gasteiger partial charge in [0.15, 0.2) is 0 Å². The number of anilines is 2. The molecule has 0 aliphatic carbocycles. The Morgan fingerprint density at radius 2 is 1.74 bits per heavy atom. The van der Waals surface area contributed by atoms with Crippen LogP contribution in [0, 0.1) is 5.41 Å². The van der Waals surface area contributed by atoms with Crippen molar-refractivity contribution in [2.24, 2.45) is 5.41 Å². The summed E-state index contributed by atoms with van der Waals surface area (Å²) < 4.78 is 4.78. The number of carbonyl (C=O) groups excluding carboxylic acids is 2. The van der Waals surface area contributed by atoms with Gasteiger partial charge in [-0.05, 0) is 25.1 Å². The van der Waals surface area contributed by atoms with Crippen LogP contribution in [0.25, 0.3) is 0 Å². The minimum absolute atomic E-state index is 0.0826. The second-order valence-electron chi connectivity index (χ2n) is 5.13. The largest absolute Gasteiger partial charge is 0.450 e. The number of hydrogen-bond donors (Lipinski definition) is 2. The van der Waals surface area contributed by atoms with Crippen LogP contribution in [0.3, 0.4) is 0 Å². The molecular weight excluding hydrogens is 244 g/mol. The Morgan fingerprint density at radius 1 is 1.16 bits per heavy atom. The van der Waals surface area contributed by atoms with Crippen molar-refractivity contribution in [1.29, 1.82) is 0 Å². The molecule has 0 bridgehead atoms. The van der Waals surface area contributed by atoms with Crippen molar-refractivity contribution in [3.63, 3.8) is 0 Å². The third-order valence-corrected chi connectivity index (χ3v) is 2.32. The first kappa shape index (κ1) is 15.0. The fraction of sp³-hybridized carbons (Fsp3) is 0.429. The number of carbonyl (C=O) groups is 2. The van der Waals surface area contributed by atoms with Crippen LogP contribution in [0.1, 0.15) is 27.7 Å². The molecule has 0 aliphatic rings. The summed E-state index contributed by atoms with van der Waals surface area (Å²) in [6, 6.07) is 6.92. The van der Waals surface area contributed by atoms with Crippen LogP contribution in [-0.2, 0) is 9.53 Å². The molecule has 1 aromatic carbocycles. The Morgan fingerprint density at radius 3 is 2.26 bits per heavy atom. The molecule has 19 heavy (non-hydrogen) atoms. The summed E-state index contributed by atoms with van der Waals surface area (Å²) in [5.41, 5.74) is 0.740. The summed E-state index contributed by atoms with van der Waals surface area (Å²) in [6.45, 7) is 7.56. The molecule has 1 aromatic rings. The number of rotatable bonds is 3. The predicted molar refractivity (Wildman–Crippen MR) is 75.2 cm³/mol. The Kier molecular flexibility index (Phi) is 4.92. The van der Waals surface area contributed by atoms with Gasteiger partial charge >= 0.3 is 6.09 Å². The Bertz CT molecular complexity index is 464. The van der Waals surface area contributed by atoms with E-state index < -0.39 is 11.5 Å². The first-order valence-corrected chi connectivity index (χ1v) is 6.18. The van der Waals surface area contributed by atoms with E-state index in [0.29, 0.717) is 18.0 Å².